The highest BCUT2D eigenvalue weighted by Crippen LogP contribution is 2.60. The Morgan fingerprint density at radius 1 is 1.18 bits per heavy atom. The van der Waals surface area contributed by atoms with E-state index in [-0.39, 0.29) is 42.2 Å². The molecule has 3 unspecified atom stereocenters. The molecule has 3 amide bonds. The number of amides is 3. The Kier molecular flexibility index (Phi) is 9.11. The van der Waals surface area contributed by atoms with Crippen LogP contribution in [-0.2, 0) is 19.1 Å². The lowest BCUT2D eigenvalue weighted by atomic mass is 9.70. The zero-order valence-corrected chi connectivity index (χ0v) is 23.6. The highest BCUT2D eigenvalue weighted by molar-refractivity contribution is 9.09. The summed E-state index contributed by atoms with van der Waals surface area (Å²) in [5.74, 6) is -2.19. The molecule has 3 aliphatic rings. The normalized spacial score (nSPS) is 29.3. The molecule has 0 aromatic heterocycles. The van der Waals surface area contributed by atoms with Gasteiger partial charge in [0.1, 0.15) is 11.6 Å². The van der Waals surface area contributed by atoms with Crippen molar-refractivity contribution in [2.75, 3.05) is 37.7 Å². The van der Waals surface area contributed by atoms with Crippen LogP contribution in [-0.4, -0.2) is 88.0 Å². The summed E-state index contributed by atoms with van der Waals surface area (Å²) in [6.45, 7) is 11.0. The fraction of sp³-hybridized carbons (Fsp3) is 0.552. The molecule has 1 spiro atoms. The fourth-order valence-corrected chi connectivity index (χ4v) is 7.32. The Morgan fingerprint density at radius 2 is 1.89 bits per heavy atom. The molecule has 1 aromatic carbocycles. The molecule has 3 heterocycles. The van der Waals surface area contributed by atoms with Crippen molar-refractivity contribution >= 4 is 39.3 Å². The molecule has 206 valence electrons. The van der Waals surface area contributed by atoms with Gasteiger partial charge in [0.25, 0.3) is 0 Å². The second kappa shape index (κ2) is 12.1. The molecule has 0 aliphatic carbocycles. The van der Waals surface area contributed by atoms with Gasteiger partial charge in [0, 0.05) is 43.3 Å². The van der Waals surface area contributed by atoms with Crippen LogP contribution in [0.3, 0.4) is 0 Å². The number of para-hydroxylation sites is 1. The SMILES string of the molecule is C=CCN(CCCC)C(=O)C1N(CCCO)C(=O)[C@@H]2[C@@H](C(=O)N(CC=C)c3ccccc3)[C@@H]3OC12CC3Br. The number of carbonyl (C=O) groups is 3. The summed E-state index contributed by atoms with van der Waals surface area (Å²) in [4.78, 5) is 47.2. The summed E-state index contributed by atoms with van der Waals surface area (Å²) in [7, 11) is 0. The van der Waals surface area contributed by atoms with Gasteiger partial charge in [-0.2, -0.15) is 0 Å². The number of nitrogens with zero attached hydrogens (tertiary/aromatic N) is 3. The van der Waals surface area contributed by atoms with Crippen LogP contribution in [0.15, 0.2) is 55.6 Å². The largest absolute Gasteiger partial charge is 0.396 e. The molecule has 0 radical (unpaired) electrons. The maximum Gasteiger partial charge on any atom is 0.248 e. The van der Waals surface area contributed by atoms with E-state index in [1.165, 1.54) is 0 Å². The molecule has 3 aliphatic heterocycles. The monoisotopic (exact) mass is 587 g/mol. The minimum atomic E-state index is -1.12. The number of halogens is 1. The molecule has 2 bridgehead atoms. The van der Waals surface area contributed by atoms with E-state index in [4.69, 9.17) is 4.74 Å². The molecule has 1 aromatic rings. The van der Waals surface area contributed by atoms with E-state index in [1.54, 1.807) is 26.9 Å². The number of rotatable bonds is 13. The molecule has 9 heteroatoms. The van der Waals surface area contributed by atoms with Gasteiger partial charge in [-0.25, -0.2) is 0 Å². The van der Waals surface area contributed by atoms with Gasteiger partial charge in [-0.3, -0.25) is 14.4 Å². The third-order valence-corrected chi connectivity index (χ3v) is 8.80. The first-order valence-electron chi connectivity index (χ1n) is 13.5. The maximum absolute atomic E-state index is 14.2. The number of carbonyl (C=O) groups excluding carboxylic acids is 3. The number of ether oxygens (including phenoxy) is 1. The molecule has 8 nitrogen and oxygen atoms in total. The number of benzene rings is 1. The first-order valence-corrected chi connectivity index (χ1v) is 14.4. The number of fused-ring (bicyclic) bond motifs is 1. The molecule has 1 N–H and O–H groups in total. The smallest absolute Gasteiger partial charge is 0.248 e. The number of anilines is 1. The number of likely N-dealkylation sites (tertiary alicyclic amines) is 1. The van der Waals surface area contributed by atoms with Crippen LogP contribution in [0.5, 0.6) is 0 Å². The Balaban J connectivity index is 1.75. The molecular weight excluding hydrogens is 550 g/mol. The second-order valence-corrected chi connectivity index (χ2v) is 11.4. The zero-order chi connectivity index (χ0) is 27.4. The summed E-state index contributed by atoms with van der Waals surface area (Å²) in [5.41, 5.74) is -0.405. The van der Waals surface area contributed by atoms with E-state index in [1.807, 2.05) is 30.3 Å². The van der Waals surface area contributed by atoms with Gasteiger partial charge >= 0.3 is 0 Å². The lowest BCUT2D eigenvalue weighted by molar-refractivity contribution is -0.147. The van der Waals surface area contributed by atoms with Crippen molar-refractivity contribution in [1.82, 2.24) is 9.80 Å². The highest BCUT2D eigenvalue weighted by atomic mass is 79.9. The van der Waals surface area contributed by atoms with Crippen LogP contribution in [0.1, 0.15) is 32.6 Å². The number of hydrogen-bond acceptors (Lipinski definition) is 5. The van der Waals surface area contributed by atoms with E-state index in [2.05, 4.69) is 36.0 Å². The molecule has 3 saturated heterocycles. The number of alkyl halides is 1. The van der Waals surface area contributed by atoms with Gasteiger partial charge in [0.05, 0.1) is 17.9 Å². The first kappa shape index (κ1) is 28.5. The van der Waals surface area contributed by atoms with Gasteiger partial charge in [0.15, 0.2) is 0 Å². The topological polar surface area (TPSA) is 90.4 Å². The molecule has 3 fully saturated rings. The van der Waals surface area contributed by atoms with Crippen molar-refractivity contribution in [3.8, 4) is 0 Å². The second-order valence-electron chi connectivity index (χ2n) is 10.3. The molecule has 4 rings (SSSR count). The van der Waals surface area contributed by atoms with Gasteiger partial charge < -0.3 is 24.5 Å². The van der Waals surface area contributed by atoms with Gasteiger partial charge in [-0.05, 0) is 31.4 Å². The lowest BCUT2D eigenvalue weighted by Crippen LogP contribution is -2.57. The summed E-state index contributed by atoms with van der Waals surface area (Å²) < 4.78 is 6.62. The number of aliphatic hydroxyl groups excluding tert-OH is 1. The minimum Gasteiger partial charge on any atom is -0.396 e. The van der Waals surface area contributed by atoms with Crippen molar-refractivity contribution in [1.29, 1.82) is 0 Å². The van der Waals surface area contributed by atoms with Crippen LogP contribution in [0, 0.1) is 11.8 Å². The van der Waals surface area contributed by atoms with E-state index < -0.39 is 29.6 Å². The van der Waals surface area contributed by atoms with Gasteiger partial charge in [0.2, 0.25) is 17.7 Å². The van der Waals surface area contributed by atoms with Crippen molar-refractivity contribution in [3.05, 3.63) is 55.6 Å². The van der Waals surface area contributed by atoms with Gasteiger partial charge in [-0.1, -0.05) is 59.6 Å². The third-order valence-electron chi connectivity index (χ3n) is 7.95. The zero-order valence-electron chi connectivity index (χ0n) is 22.0. The third kappa shape index (κ3) is 4.84. The quantitative estimate of drug-likeness (QED) is 0.283. The standard InChI is InChI=1S/C29H38BrN3O5/c1-4-7-16-31(14-5-2)28(37)25-29-19-21(30)24(38-29)22(23(29)27(36)33(25)17-11-18-34)26(35)32(15-6-3)20-12-9-8-10-13-20/h5-6,8-10,12-13,21-25,34H,2-4,7,11,14-19H2,1H3/t21?,22-,23+,24-,25?,29?/m1/s1. The summed E-state index contributed by atoms with van der Waals surface area (Å²) in [6, 6.07) is 8.45. The lowest BCUT2D eigenvalue weighted by Gasteiger charge is -2.37. The van der Waals surface area contributed by atoms with E-state index in [0.29, 0.717) is 31.6 Å². The number of hydrogen-bond donors (Lipinski definition) is 1. The highest BCUT2D eigenvalue weighted by Gasteiger charge is 2.76. The van der Waals surface area contributed by atoms with Crippen LogP contribution < -0.4 is 4.90 Å². The van der Waals surface area contributed by atoms with Crippen LogP contribution in [0.25, 0.3) is 0 Å². The number of unbranched alkanes of at least 4 members (excludes halogenated alkanes) is 1. The summed E-state index contributed by atoms with van der Waals surface area (Å²) in [5, 5.41) is 9.56. The Morgan fingerprint density at radius 3 is 2.53 bits per heavy atom. The predicted octanol–water partition coefficient (Wildman–Crippen LogP) is 3.15. The van der Waals surface area contributed by atoms with Crippen LogP contribution >= 0.6 is 15.9 Å². The maximum atomic E-state index is 14.2. The molecule has 6 atom stereocenters. The van der Waals surface area contributed by atoms with Crippen molar-refractivity contribution < 1.29 is 24.2 Å². The van der Waals surface area contributed by atoms with Crippen molar-refractivity contribution in [2.24, 2.45) is 11.8 Å². The average molecular weight is 589 g/mol. The molecule has 38 heavy (non-hydrogen) atoms. The summed E-state index contributed by atoms with van der Waals surface area (Å²) in [6.07, 6.45) is 5.35. The fourth-order valence-electron chi connectivity index (χ4n) is 6.38. The Bertz CT molecular complexity index is 1050. The first-order chi connectivity index (χ1) is 18.4. The van der Waals surface area contributed by atoms with E-state index in [9.17, 15) is 19.5 Å². The van der Waals surface area contributed by atoms with E-state index in [0.717, 1.165) is 12.8 Å². The molecule has 0 saturated carbocycles. The Labute approximate surface area is 233 Å². The van der Waals surface area contributed by atoms with Crippen LogP contribution in [0.2, 0.25) is 0 Å². The van der Waals surface area contributed by atoms with Crippen molar-refractivity contribution in [2.45, 2.75) is 55.2 Å². The average Bonchev–Trinajstić information content (AvgIpc) is 3.51. The summed E-state index contributed by atoms with van der Waals surface area (Å²) >= 11 is 3.73. The number of aliphatic hydroxyl groups is 1. The predicted molar refractivity (Wildman–Crippen MR) is 150 cm³/mol. The minimum absolute atomic E-state index is 0.109. The van der Waals surface area contributed by atoms with Crippen LogP contribution in [0.4, 0.5) is 5.69 Å². The Hall–Kier alpha value is -2.49. The van der Waals surface area contributed by atoms with Crippen molar-refractivity contribution in [3.63, 3.8) is 0 Å². The van der Waals surface area contributed by atoms with Gasteiger partial charge in [-0.15, -0.1) is 13.2 Å². The van der Waals surface area contributed by atoms with E-state index >= 15 is 0 Å². The molecular formula is C29H38BrN3O5.